The number of fused-ring (bicyclic) bond motifs is 1. The van der Waals surface area contributed by atoms with Gasteiger partial charge in [0, 0.05) is 24.3 Å². The van der Waals surface area contributed by atoms with Crippen LogP contribution in [0.4, 0.5) is 5.69 Å². The lowest BCUT2D eigenvalue weighted by molar-refractivity contribution is 0.392. The van der Waals surface area contributed by atoms with Crippen molar-refractivity contribution < 1.29 is 12.9 Å². The maximum absolute atomic E-state index is 12.4. The lowest BCUT2D eigenvalue weighted by atomic mass is 10.2. The van der Waals surface area contributed by atoms with E-state index in [1.807, 2.05) is 6.07 Å². The molecule has 2 aromatic rings. The molecular formula is C14H17N3O3S. The molecule has 1 aromatic heterocycles. The van der Waals surface area contributed by atoms with Gasteiger partial charge in [-0.3, -0.25) is 0 Å². The number of sulfonamides is 1. The minimum Gasteiger partial charge on any atom is -0.384 e. The van der Waals surface area contributed by atoms with E-state index >= 15 is 0 Å². The normalized spacial score (nSPS) is 14.0. The second-order valence-electron chi connectivity index (χ2n) is 5.12. The Morgan fingerprint density at radius 3 is 2.90 bits per heavy atom. The van der Waals surface area contributed by atoms with Crippen LogP contribution in [0.3, 0.4) is 0 Å². The zero-order valence-corrected chi connectivity index (χ0v) is 12.8. The fraction of sp³-hybridized carbons (Fsp3) is 0.357. The largest absolute Gasteiger partial charge is 0.384 e. The molecule has 21 heavy (non-hydrogen) atoms. The first-order chi connectivity index (χ1) is 9.97. The maximum atomic E-state index is 12.4. The highest BCUT2D eigenvalue weighted by Crippen LogP contribution is 2.25. The molecule has 1 aliphatic heterocycles. The fourth-order valence-corrected chi connectivity index (χ4v) is 3.46. The molecule has 7 heteroatoms. The summed E-state index contributed by atoms with van der Waals surface area (Å²) in [6.45, 7) is 4.59. The van der Waals surface area contributed by atoms with Gasteiger partial charge >= 0.3 is 0 Å². The first-order valence-corrected chi connectivity index (χ1v) is 8.24. The molecule has 112 valence electrons. The molecule has 0 spiro atoms. The molecule has 0 bridgehead atoms. The van der Waals surface area contributed by atoms with Crippen molar-refractivity contribution >= 4 is 15.7 Å². The molecule has 0 saturated carbocycles. The van der Waals surface area contributed by atoms with E-state index in [-0.39, 0.29) is 11.4 Å². The Labute approximate surface area is 123 Å². The molecule has 2 heterocycles. The molecule has 0 saturated heterocycles. The quantitative estimate of drug-likeness (QED) is 0.899. The lowest BCUT2D eigenvalue weighted by Crippen LogP contribution is -2.23. The average Bonchev–Trinajstić information content (AvgIpc) is 3.03. The Morgan fingerprint density at radius 1 is 1.38 bits per heavy atom. The van der Waals surface area contributed by atoms with E-state index in [1.54, 1.807) is 26.0 Å². The summed E-state index contributed by atoms with van der Waals surface area (Å²) in [7, 11) is -3.55. The summed E-state index contributed by atoms with van der Waals surface area (Å²) in [5.41, 5.74) is 3.53. The summed E-state index contributed by atoms with van der Waals surface area (Å²) >= 11 is 0. The SMILES string of the molecule is Cc1noc(C)c1CNS(=O)(=O)c1ccc2c(c1)NCC2. The van der Waals surface area contributed by atoms with E-state index in [2.05, 4.69) is 15.2 Å². The molecule has 0 unspecified atom stereocenters. The van der Waals surface area contributed by atoms with E-state index in [0.717, 1.165) is 29.8 Å². The van der Waals surface area contributed by atoms with Crippen molar-refractivity contribution in [2.45, 2.75) is 31.7 Å². The van der Waals surface area contributed by atoms with Crippen molar-refractivity contribution in [3.8, 4) is 0 Å². The van der Waals surface area contributed by atoms with E-state index in [4.69, 9.17) is 4.52 Å². The summed E-state index contributed by atoms with van der Waals surface area (Å²) in [6.07, 6.45) is 0.933. The van der Waals surface area contributed by atoms with Gasteiger partial charge in [0.15, 0.2) is 0 Å². The molecule has 3 rings (SSSR count). The molecule has 0 amide bonds. The molecule has 2 N–H and O–H groups in total. The second kappa shape index (κ2) is 5.16. The summed E-state index contributed by atoms with van der Waals surface area (Å²) in [4.78, 5) is 0.266. The minimum absolute atomic E-state index is 0.175. The molecular weight excluding hydrogens is 290 g/mol. The van der Waals surface area contributed by atoms with Crippen LogP contribution in [0.15, 0.2) is 27.6 Å². The first-order valence-electron chi connectivity index (χ1n) is 6.75. The van der Waals surface area contributed by atoms with Crippen LogP contribution in [-0.4, -0.2) is 20.1 Å². The van der Waals surface area contributed by atoms with E-state index < -0.39 is 10.0 Å². The topological polar surface area (TPSA) is 84.2 Å². The molecule has 0 fully saturated rings. The van der Waals surface area contributed by atoms with E-state index in [1.165, 1.54) is 0 Å². The van der Waals surface area contributed by atoms with Gasteiger partial charge in [-0.05, 0) is 38.0 Å². The Balaban J connectivity index is 1.81. The van der Waals surface area contributed by atoms with Crippen LogP contribution in [-0.2, 0) is 23.0 Å². The van der Waals surface area contributed by atoms with Crippen molar-refractivity contribution in [3.05, 3.63) is 40.8 Å². The smallest absolute Gasteiger partial charge is 0.240 e. The molecule has 1 aliphatic rings. The van der Waals surface area contributed by atoms with Gasteiger partial charge in [-0.2, -0.15) is 0 Å². The molecule has 6 nitrogen and oxygen atoms in total. The van der Waals surface area contributed by atoms with Crippen LogP contribution in [0.1, 0.15) is 22.6 Å². The van der Waals surface area contributed by atoms with Gasteiger partial charge in [0.25, 0.3) is 0 Å². The summed E-state index contributed by atoms with van der Waals surface area (Å²) in [6, 6.07) is 5.18. The Morgan fingerprint density at radius 2 is 2.19 bits per heavy atom. The van der Waals surface area contributed by atoms with Crippen molar-refractivity contribution in [1.29, 1.82) is 0 Å². The third kappa shape index (κ3) is 2.66. The number of nitrogens with zero attached hydrogens (tertiary/aromatic N) is 1. The van der Waals surface area contributed by atoms with Gasteiger partial charge in [0.2, 0.25) is 10.0 Å². The number of benzene rings is 1. The number of aromatic nitrogens is 1. The van der Waals surface area contributed by atoms with Gasteiger partial charge in [-0.15, -0.1) is 0 Å². The maximum Gasteiger partial charge on any atom is 0.240 e. The molecule has 1 aromatic carbocycles. The number of hydrogen-bond donors (Lipinski definition) is 2. The van der Waals surface area contributed by atoms with Gasteiger partial charge in [-0.25, -0.2) is 13.1 Å². The monoisotopic (exact) mass is 307 g/mol. The van der Waals surface area contributed by atoms with Gasteiger partial charge in [0.05, 0.1) is 10.6 Å². The van der Waals surface area contributed by atoms with E-state index in [9.17, 15) is 8.42 Å². The molecule has 0 radical (unpaired) electrons. The van der Waals surface area contributed by atoms with Gasteiger partial charge < -0.3 is 9.84 Å². The Hall–Kier alpha value is -1.86. The highest BCUT2D eigenvalue weighted by molar-refractivity contribution is 7.89. The third-order valence-corrected chi connectivity index (χ3v) is 5.12. The van der Waals surface area contributed by atoms with Crippen LogP contribution >= 0.6 is 0 Å². The number of aryl methyl sites for hydroxylation is 2. The standard InChI is InChI=1S/C14H17N3O3S/c1-9-13(10(2)20-17-9)8-16-21(18,19)12-4-3-11-5-6-15-14(11)7-12/h3-4,7,15-16H,5-6,8H2,1-2H3. The predicted molar refractivity (Wildman–Crippen MR) is 78.6 cm³/mol. The van der Waals surface area contributed by atoms with Gasteiger partial charge in [0.1, 0.15) is 5.76 Å². The summed E-state index contributed by atoms with van der Waals surface area (Å²) in [5.74, 6) is 0.630. The van der Waals surface area contributed by atoms with Crippen LogP contribution in [0.2, 0.25) is 0 Å². The number of anilines is 1. The zero-order chi connectivity index (χ0) is 15.0. The van der Waals surface area contributed by atoms with Crippen molar-refractivity contribution in [1.82, 2.24) is 9.88 Å². The zero-order valence-electron chi connectivity index (χ0n) is 11.9. The van der Waals surface area contributed by atoms with Crippen molar-refractivity contribution in [3.63, 3.8) is 0 Å². The number of nitrogens with one attached hydrogen (secondary N) is 2. The van der Waals surface area contributed by atoms with Crippen molar-refractivity contribution in [2.24, 2.45) is 0 Å². The van der Waals surface area contributed by atoms with Crippen LogP contribution in [0.25, 0.3) is 0 Å². The first kappa shape index (κ1) is 14.1. The van der Waals surface area contributed by atoms with Crippen LogP contribution in [0.5, 0.6) is 0 Å². The third-order valence-electron chi connectivity index (χ3n) is 3.72. The number of hydrogen-bond acceptors (Lipinski definition) is 5. The molecule has 0 aliphatic carbocycles. The Bertz CT molecular complexity index is 761. The summed E-state index contributed by atoms with van der Waals surface area (Å²) < 4.78 is 32.3. The second-order valence-corrected chi connectivity index (χ2v) is 6.89. The lowest BCUT2D eigenvalue weighted by Gasteiger charge is -2.08. The molecule has 0 atom stereocenters. The highest BCUT2D eigenvalue weighted by Gasteiger charge is 2.19. The van der Waals surface area contributed by atoms with Gasteiger partial charge in [-0.1, -0.05) is 11.2 Å². The summed E-state index contributed by atoms with van der Waals surface area (Å²) in [5, 5.41) is 7.00. The van der Waals surface area contributed by atoms with E-state index in [0.29, 0.717) is 11.5 Å². The van der Waals surface area contributed by atoms with Crippen LogP contribution < -0.4 is 10.0 Å². The minimum atomic E-state index is -3.55. The number of rotatable bonds is 4. The predicted octanol–water partition coefficient (Wildman–Crippen LogP) is 1.74. The fourth-order valence-electron chi connectivity index (χ4n) is 2.44. The Kier molecular flexibility index (Phi) is 3.46. The van der Waals surface area contributed by atoms with Crippen LogP contribution in [0, 0.1) is 13.8 Å². The van der Waals surface area contributed by atoms with Crippen molar-refractivity contribution in [2.75, 3.05) is 11.9 Å². The highest BCUT2D eigenvalue weighted by atomic mass is 32.2. The average molecular weight is 307 g/mol.